The van der Waals surface area contributed by atoms with Crippen LogP contribution in [0.25, 0.3) is 0 Å². The van der Waals surface area contributed by atoms with Crippen LogP contribution in [0.4, 0.5) is 17.6 Å². The van der Waals surface area contributed by atoms with Gasteiger partial charge < -0.3 is 23.7 Å². The van der Waals surface area contributed by atoms with Gasteiger partial charge in [0.2, 0.25) is 17.5 Å². The van der Waals surface area contributed by atoms with E-state index >= 15 is 0 Å². The summed E-state index contributed by atoms with van der Waals surface area (Å²) >= 11 is 0. The third kappa shape index (κ3) is 14.4. The van der Waals surface area contributed by atoms with Crippen molar-refractivity contribution in [1.82, 2.24) is 0 Å². The molecule has 4 rings (SSSR count). The van der Waals surface area contributed by atoms with Gasteiger partial charge in [0, 0.05) is 13.2 Å². The number of unbranched alkanes of at least 4 members (excludes halogenated alkanes) is 6. The van der Waals surface area contributed by atoms with Gasteiger partial charge in [-0.15, -0.1) is 0 Å². The van der Waals surface area contributed by atoms with Crippen molar-refractivity contribution in [1.29, 1.82) is 0 Å². The summed E-state index contributed by atoms with van der Waals surface area (Å²) in [5.74, 6) is -2.36. The molecule has 0 amide bonds. The molecule has 2 aromatic carbocycles. The summed E-state index contributed by atoms with van der Waals surface area (Å²) < 4.78 is 84.9. The smallest absolute Gasteiger partial charge is 0.204 e. The van der Waals surface area contributed by atoms with Gasteiger partial charge in [-0.1, -0.05) is 64.4 Å². The van der Waals surface area contributed by atoms with Crippen molar-refractivity contribution in [2.75, 3.05) is 33.0 Å². The molecule has 0 aliphatic heterocycles. The third-order valence-electron chi connectivity index (χ3n) is 11.0. The van der Waals surface area contributed by atoms with Crippen molar-refractivity contribution in [3.8, 4) is 17.2 Å². The number of benzene rings is 2. The zero-order valence-electron chi connectivity index (χ0n) is 32.0. The lowest BCUT2D eigenvalue weighted by Gasteiger charge is -2.28. The van der Waals surface area contributed by atoms with Crippen LogP contribution in [0.15, 0.2) is 24.3 Å². The lowest BCUT2D eigenvalue weighted by Crippen LogP contribution is -2.25. The molecule has 2 aliphatic rings. The standard InChI is InChI=1S/C43H64F4O5/c1-4-48-37-25-26-39(43(47)42(37)46)52-30-34-18-22-36(23-19-34)50-28-12-8-6-10-14-31(2)13-9-5-7-11-27-49-35-20-16-33(17-21-35)29-51-38-24-15-32(3)40(44)41(38)45/h15,24-26,31,33-36H,4-14,16-23,27-30H2,1-3H3. The predicted molar refractivity (Wildman–Crippen MR) is 198 cm³/mol. The zero-order chi connectivity index (χ0) is 37.1. The number of aryl methyl sites for hydroxylation is 1. The Bertz CT molecular complexity index is 1290. The number of halogens is 4. The SMILES string of the molecule is CCOc1ccc(OCC2CCC(OCCCCCCC(C)CCCCCCOC3CCC(COc4ccc(C)c(F)c4F)CC3)CC2)c(F)c1F. The van der Waals surface area contributed by atoms with Crippen LogP contribution >= 0.6 is 0 Å². The maximum Gasteiger partial charge on any atom is 0.204 e. The van der Waals surface area contributed by atoms with E-state index in [4.69, 9.17) is 23.7 Å². The third-order valence-corrected chi connectivity index (χ3v) is 11.0. The largest absolute Gasteiger partial charge is 0.491 e. The van der Waals surface area contributed by atoms with Gasteiger partial charge in [-0.2, -0.15) is 13.2 Å². The number of rotatable bonds is 24. The molecule has 0 N–H and O–H groups in total. The van der Waals surface area contributed by atoms with Crippen LogP contribution in [0.3, 0.4) is 0 Å². The molecule has 2 aliphatic carbocycles. The van der Waals surface area contributed by atoms with Gasteiger partial charge in [0.05, 0.1) is 32.0 Å². The van der Waals surface area contributed by atoms with Gasteiger partial charge in [-0.25, -0.2) is 4.39 Å². The normalized spacial score (nSPS) is 21.2. The lowest BCUT2D eigenvalue weighted by molar-refractivity contribution is 0.0107. The highest BCUT2D eigenvalue weighted by Gasteiger charge is 2.25. The highest BCUT2D eigenvalue weighted by molar-refractivity contribution is 5.35. The van der Waals surface area contributed by atoms with Crippen molar-refractivity contribution >= 4 is 0 Å². The maximum atomic E-state index is 14.3. The molecule has 2 aromatic rings. The molecule has 2 fully saturated rings. The van der Waals surface area contributed by atoms with E-state index in [0.29, 0.717) is 42.8 Å². The van der Waals surface area contributed by atoms with E-state index in [1.54, 1.807) is 19.9 Å². The number of ether oxygens (including phenoxy) is 5. The van der Waals surface area contributed by atoms with E-state index in [2.05, 4.69) is 6.92 Å². The first-order chi connectivity index (χ1) is 25.2. The van der Waals surface area contributed by atoms with Crippen molar-refractivity contribution in [3.05, 3.63) is 53.1 Å². The summed E-state index contributed by atoms with van der Waals surface area (Å²) in [6.45, 7) is 8.40. The van der Waals surface area contributed by atoms with Gasteiger partial charge in [-0.05, 0) is 120 Å². The maximum absolute atomic E-state index is 14.3. The minimum absolute atomic E-state index is 0.00750. The van der Waals surface area contributed by atoms with Crippen LogP contribution in [-0.2, 0) is 9.47 Å². The summed E-state index contributed by atoms with van der Waals surface area (Å²) in [6.07, 6.45) is 20.9. The van der Waals surface area contributed by atoms with Crippen molar-refractivity contribution in [3.63, 3.8) is 0 Å². The molecule has 5 nitrogen and oxygen atoms in total. The molecule has 0 aromatic heterocycles. The molecule has 52 heavy (non-hydrogen) atoms. The predicted octanol–water partition coefficient (Wildman–Crippen LogP) is 12.1. The Morgan fingerprint density at radius 2 is 0.942 bits per heavy atom. The Labute approximate surface area is 310 Å². The van der Waals surface area contributed by atoms with E-state index < -0.39 is 23.3 Å². The zero-order valence-corrected chi connectivity index (χ0v) is 32.0. The lowest BCUT2D eigenvalue weighted by atomic mass is 9.88. The molecular weight excluding hydrogens is 672 g/mol. The highest BCUT2D eigenvalue weighted by atomic mass is 19.2. The Balaban J connectivity index is 0.900. The second-order valence-electron chi connectivity index (χ2n) is 15.3. The van der Waals surface area contributed by atoms with E-state index in [9.17, 15) is 17.6 Å². The fourth-order valence-corrected chi connectivity index (χ4v) is 7.52. The van der Waals surface area contributed by atoms with Crippen LogP contribution in [0.5, 0.6) is 17.2 Å². The highest BCUT2D eigenvalue weighted by Crippen LogP contribution is 2.32. The Morgan fingerprint density at radius 1 is 0.538 bits per heavy atom. The minimum Gasteiger partial charge on any atom is -0.491 e. The Kier molecular flexibility index (Phi) is 18.9. The molecule has 0 radical (unpaired) electrons. The first-order valence-electron chi connectivity index (χ1n) is 20.3. The summed E-state index contributed by atoms with van der Waals surface area (Å²) in [6, 6.07) is 5.93. The van der Waals surface area contributed by atoms with Crippen molar-refractivity contribution < 1.29 is 41.2 Å². The van der Waals surface area contributed by atoms with Gasteiger partial charge in [0.15, 0.2) is 23.1 Å². The second-order valence-corrected chi connectivity index (χ2v) is 15.3. The molecule has 1 atom stereocenters. The summed E-state index contributed by atoms with van der Waals surface area (Å²) in [4.78, 5) is 0. The molecule has 2 saturated carbocycles. The fraction of sp³-hybridized carbons (Fsp3) is 0.721. The van der Waals surface area contributed by atoms with Gasteiger partial charge >= 0.3 is 0 Å². The van der Waals surface area contributed by atoms with E-state index in [0.717, 1.165) is 83.3 Å². The molecule has 294 valence electrons. The molecule has 9 heteroatoms. The van der Waals surface area contributed by atoms with Crippen LogP contribution in [0, 0.1) is 47.9 Å². The summed E-state index contributed by atoms with van der Waals surface area (Å²) in [5, 5.41) is 0. The molecule has 0 bridgehead atoms. The summed E-state index contributed by atoms with van der Waals surface area (Å²) in [5.41, 5.74) is 0.291. The number of hydrogen-bond donors (Lipinski definition) is 0. The second kappa shape index (κ2) is 23.3. The Hall–Kier alpha value is -2.52. The fourth-order valence-electron chi connectivity index (χ4n) is 7.52. The van der Waals surface area contributed by atoms with Gasteiger partial charge in [-0.3, -0.25) is 0 Å². The van der Waals surface area contributed by atoms with Crippen LogP contribution in [-0.4, -0.2) is 45.2 Å². The molecular formula is C43H64F4O5. The average Bonchev–Trinajstić information content (AvgIpc) is 3.15. The van der Waals surface area contributed by atoms with Crippen LogP contribution in [0.2, 0.25) is 0 Å². The molecule has 0 spiro atoms. The van der Waals surface area contributed by atoms with E-state index in [1.165, 1.54) is 69.6 Å². The number of hydrogen-bond acceptors (Lipinski definition) is 5. The first-order valence-corrected chi connectivity index (χ1v) is 20.3. The monoisotopic (exact) mass is 736 g/mol. The first kappa shape index (κ1) is 42.2. The summed E-state index contributed by atoms with van der Waals surface area (Å²) in [7, 11) is 0. The quantitative estimate of drug-likeness (QED) is 0.0793. The van der Waals surface area contributed by atoms with Crippen LogP contribution < -0.4 is 14.2 Å². The van der Waals surface area contributed by atoms with Crippen molar-refractivity contribution in [2.24, 2.45) is 17.8 Å². The van der Waals surface area contributed by atoms with Gasteiger partial charge in [0.25, 0.3) is 0 Å². The topological polar surface area (TPSA) is 46.2 Å². The van der Waals surface area contributed by atoms with E-state index in [1.807, 2.05) is 0 Å². The van der Waals surface area contributed by atoms with Gasteiger partial charge in [0.1, 0.15) is 0 Å². The Morgan fingerprint density at radius 3 is 1.40 bits per heavy atom. The average molecular weight is 737 g/mol. The molecule has 1 unspecified atom stereocenters. The minimum atomic E-state index is -0.993. The van der Waals surface area contributed by atoms with E-state index in [-0.39, 0.29) is 23.9 Å². The molecule has 0 saturated heterocycles. The van der Waals surface area contributed by atoms with Crippen molar-refractivity contribution in [2.45, 2.75) is 149 Å². The van der Waals surface area contributed by atoms with Crippen LogP contribution in [0.1, 0.15) is 135 Å². The molecule has 0 heterocycles.